The largest absolute Gasteiger partial charge is 0.281 e. The number of benzene rings is 1. The van der Waals surface area contributed by atoms with Gasteiger partial charge in [-0.25, -0.2) is 0 Å². The van der Waals surface area contributed by atoms with Crippen molar-refractivity contribution in [1.82, 2.24) is 4.98 Å². The summed E-state index contributed by atoms with van der Waals surface area (Å²) >= 11 is 5.28. The van der Waals surface area contributed by atoms with Crippen LogP contribution in [0.3, 0.4) is 0 Å². The molecule has 0 aliphatic rings. The molecule has 0 fully saturated rings. The van der Waals surface area contributed by atoms with E-state index in [0.29, 0.717) is 5.69 Å². The zero-order chi connectivity index (χ0) is 9.97. The van der Waals surface area contributed by atoms with E-state index in [9.17, 15) is 4.79 Å². The summed E-state index contributed by atoms with van der Waals surface area (Å²) in [7, 11) is 0. The van der Waals surface area contributed by atoms with Crippen LogP contribution >= 0.6 is 11.6 Å². The highest BCUT2D eigenvalue weighted by atomic mass is 35.5. The van der Waals surface area contributed by atoms with Crippen molar-refractivity contribution in [1.29, 1.82) is 0 Å². The molecule has 0 bridgehead atoms. The van der Waals surface area contributed by atoms with E-state index in [1.807, 2.05) is 36.4 Å². The van der Waals surface area contributed by atoms with Crippen molar-refractivity contribution < 1.29 is 4.79 Å². The Hall–Kier alpha value is -1.41. The third kappa shape index (κ3) is 1.91. The van der Waals surface area contributed by atoms with E-state index in [2.05, 4.69) is 4.98 Å². The van der Waals surface area contributed by atoms with Crippen molar-refractivity contribution in [2.45, 2.75) is 6.42 Å². The number of hydrogen-bond acceptors (Lipinski definition) is 2. The predicted molar refractivity (Wildman–Crippen MR) is 56.3 cm³/mol. The van der Waals surface area contributed by atoms with Crippen LogP contribution in [0.5, 0.6) is 0 Å². The topological polar surface area (TPSA) is 30.0 Å². The molecule has 0 radical (unpaired) electrons. The molecule has 0 saturated heterocycles. The lowest BCUT2D eigenvalue weighted by Gasteiger charge is -1.99. The number of pyridine rings is 1. The summed E-state index contributed by atoms with van der Waals surface area (Å²) < 4.78 is 0. The highest BCUT2D eigenvalue weighted by Gasteiger charge is 2.01. The van der Waals surface area contributed by atoms with Crippen LogP contribution in [-0.2, 0) is 11.2 Å². The average Bonchev–Trinajstić information content (AvgIpc) is 2.17. The summed E-state index contributed by atoms with van der Waals surface area (Å²) in [6.45, 7) is 0. The fraction of sp³-hybridized carbons (Fsp3) is 0.0909. The number of carbonyl (C=O) groups excluding carboxylic acids is 1. The van der Waals surface area contributed by atoms with Crippen molar-refractivity contribution in [3.05, 3.63) is 42.1 Å². The maximum atomic E-state index is 10.7. The SMILES string of the molecule is O=C(Cl)Cc1ccc2ccccc2n1. The second kappa shape index (κ2) is 3.76. The molecule has 0 atom stereocenters. The molecule has 0 spiro atoms. The third-order valence-electron chi connectivity index (χ3n) is 1.98. The number of para-hydroxylation sites is 1. The molecule has 0 amide bonds. The van der Waals surface area contributed by atoms with Crippen molar-refractivity contribution in [2.24, 2.45) is 0 Å². The van der Waals surface area contributed by atoms with Gasteiger partial charge in [-0.15, -0.1) is 0 Å². The average molecular weight is 206 g/mol. The molecule has 70 valence electrons. The Bertz CT molecular complexity index is 481. The Balaban J connectivity index is 2.46. The first-order valence-corrected chi connectivity index (χ1v) is 4.66. The minimum atomic E-state index is -0.382. The van der Waals surface area contributed by atoms with Crippen LogP contribution in [0.2, 0.25) is 0 Å². The molecule has 1 aromatic carbocycles. The van der Waals surface area contributed by atoms with Crippen molar-refractivity contribution in [3.63, 3.8) is 0 Å². The Morgan fingerprint density at radius 1 is 1.21 bits per heavy atom. The summed E-state index contributed by atoms with van der Waals surface area (Å²) in [5.74, 6) is 0. The first kappa shape index (κ1) is 9.16. The predicted octanol–water partition coefficient (Wildman–Crippen LogP) is 2.54. The summed E-state index contributed by atoms with van der Waals surface area (Å²) in [5.41, 5.74) is 1.60. The van der Waals surface area contributed by atoms with Crippen LogP contribution in [-0.4, -0.2) is 10.2 Å². The number of nitrogens with zero attached hydrogens (tertiary/aromatic N) is 1. The monoisotopic (exact) mass is 205 g/mol. The molecule has 0 saturated carbocycles. The van der Waals surface area contributed by atoms with Gasteiger partial charge in [-0.1, -0.05) is 24.3 Å². The Kier molecular flexibility index (Phi) is 2.46. The minimum Gasteiger partial charge on any atom is -0.281 e. The summed E-state index contributed by atoms with van der Waals surface area (Å²) in [5, 5.41) is 0.686. The van der Waals surface area contributed by atoms with Crippen molar-refractivity contribution >= 4 is 27.7 Å². The molecular weight excluding hydrogens is 198 g/mol. The minimum absolute atomic E-state index is 0.187. The molecule has 0 aliphatic heterocycles. The molecule has 1 heterocycles. The summed E-state index contributed by atoms with van der Waals surface area (Å²) in [6.07, 6.45) is 0.187. The maximum absolute atomic E-state index is 10.7. The van der Waals surface area contributed by atoms with Crippen LogP contribution < -0.4 is 0 Å². The van der Waals surface area contributed by atoms with Gasteiger partial charge in [0.25, 0.3) is 0 Å². The van der Waals surface area contributed by atoms with Gasteiger partial charge in [0.05, 0.1) is 11.9 Å². The number of aromatic nitrogens is 1. The van der Waals surface area contributed by atoms with Crippen LogP contribution in [0.4, 0.5) is 0 Å². The molecule has 1 aromatic heterocycles. The molecule has 0 unspecified atom stereocenters. The fourth-order valence-corrected chi connectivity index (χ4v) is 1.49. The molecule has 2 rings (SSSR count). The smallest absolute Gasteiger partial charge is 0.227 e. The number of halogens is 1. The molecular formula is C11H8ClNO. The van der Waals surface area contributed by atoms with Gasteiger partial charge in [0.2, 0.25) is 5.24 Å². The van der Waals surface area contributed by atoms with Gasteiger partial charge < -0.3 is 0 Å². The number of carbonyl (C=O) groups is 1. The Morgan fingerprint density at radius 3 is 2.79 bits per heavy atom. The quantitative estimate of drug-likeness (QED) is 0.706. The van der Waals surface area contributed by atoms with Gasteiger partial charge in [0.1, 0.15) is 0 Å². The fourth-order valence-electron chi connectivity index (χ4n) is 1.35. The molecule has 14 heavy (non-hydrogen) atoms. The zero-order valence-electron chi connectivity index (χ0n) is 7.40. The van der Waals surface area contributed by atoms with Gasteiger partial charge in [-0.2, -0.15) is 0 Å². The second-order valence-electron chi connectivity index (χ2n) is 3.03. The third-order valence-corrected chi connectivity index (χ3v) is 2.11. The Labute approximate surface area is 86.5 Å². The highest BCUT2D eigenvalue weighted by Crippen LogP contribution is 2.12. The van der Waals surface area contributed by atoms with Gasteiger partial charge in [0, 0.05) is 11.1 Å². The van der Waals surface area contributed by atoms with E-state index in [0.717, 1.165) is 10.9 Å². The van der Waals surface area contributed by atoms with Gasteiger partial charge >= 0.3 is 0 Å². The molecule has 0 aliphatic carbocycles. The maximum Gasteiger partial charge on any atom is 0.227 e. The van der Waals surface area contributed by atoms with E-state index in [1.54, 1.807) is 0 Å². The van der Waals surface area contributed by atoms with Gasteiger partial charge in [-0.3, -0.25) is 9.78 Å². The molecule has 2 nitrogen and oxygen atoms in total. The number of fused-ring (bicyclic) bond motifs is 1. The van der Waals surface area contributed by atoms with E-state index in [4.69, 9.17) is 11.6 Å². The van der Waals surface area contributed by atoms with Gasteiger partial charge in [0.15, 0.2) is 0 Å². The van der Waals surface area contributed by atoms with E-state index < -0.39 is 0 Å². The van der Waals surface area contributed by atoms with Crippen LogP contribution in [0.25, 0.3) is 10.9 Å². The lowest BCUT2D eigenvalue weighted by atomic mass is 10.2. The van der Waals surface area contributed by atoms with E-state index >= 15 is 0 Å². The summed E-state index contributed by atoms with van der Waals surface area (Å²) in [4.78, 5) is 15.0. The van der Waals surface area contributed by atoms with Crippen LogP contribution in [0, 0.1) is 0 Å². The van der Waals surface area contributed by atoms with E-state index in [1.165, 1.54) is 0 Å². The normalized spacial score (nSPS) is 10.4. The lowest BCUT2D eigenvalue weighted by Crippen LogP contribution is -1.96. The first-order chi connectivity index (χ1) is 6.75. The summed E-state index contributed by atoms with van der Waals surface area (Å²) in [6, 6.07) is 11.5. The molecule has 3 heteroatoms. The van der Waals surface area contributed by atoms with Crippen molar-refractivity contribution in [3.8, 4) is 0 Å². The standard InChI is InChI=1S/C11H8ClNO/c12-11(14)7-9-6-5-8-3-1-2-4-10(8)13-9/h1-6H,7H2. The van der Waals surface area contributed by atoms with E-state index in [-0.39, 0.29) is 11.7 Å². The molecule has 2 aromatic rings. The first-order valence-electron chi connectivity index (χ1n) is 4.29. The van der Waals surface area contributed by atoms with Crippen molar-refractivity contribution in [2.75, 3.05) is 0 Å². The van der Waals surface area contributed by atoms with Crippen LogP contribution in [0.15, 0.2) is 36.4 Å². The Morgan fingerprint density at radius 2 is 2.00 bits per heavy atom. The second-order valence-corrected chi connectivity index (χ2v) is 3.45. The number of hydrogen-bond donors (Lipinski definition) is 0. The lowest BCUT2D eigenvalue weighted by molar-refractivity contribution is -0.111. The van der Waals surface area contributed by atoms with Crippen LogP contribution in [0.1, 0.15) is 5.69 Å². The highest BCUT2D eigenvalue weighted by molar-refractivity contribution is 6.63. The zero-order valence-corrected chi connectivity index (χ0v) is 8.16. The number of rotatable bonds is 2. The molecule has 0 N–H and O–H groups in total. The van der Waals surface area contributed by atoms with Gasteiger partial charge in [-0.05, 0) is 23.7 Å².